The molecule has 1 heterocycles. The Labute approximate surface area is 168 Å². The van der Waals surface area contributed by atoms with Gasteiger partial charge in [0.05, 0.1) is 23.3 Å². The van der Waals surface area contributed by atoms with Crippen molar-refractivity contribution in [1.82, 2.24) is 0 Å². The molecule has 1 N–H and O–H groups in total. The molecule has 0 saturated carbocycles. The van der Waals surface area contributed by atoms with E-state index in [1.807, 2.05) is 0 Å². The normalized spacial score (nSPS) is 14.8. The van der Waals surface area contributed by atoms with E-state index in [4.69, 9.17) is 11.6 Å². The molecule has 1 unspecified atom stereocenters. The van der Waals surface area contributed by atoms with Crippen LogP contribution in [0.2, 0.25) is 5.02 Å². The van der Waals surface area contributed by atoms with E-state index >= 15 is 0 Å². The van der Waals surface area contributed by atoms with E-state index < -0.39 is 22.0 Å². The SMILES string of the molecule is CCC(C(=O)N1CC(=O)Nc2ccccc21)N(c1cccc(Cl)c1)S(C)(=O)=O. The van der Waals surface area contributed by atoms with Crippen molar-refractivity contribution < 1.29 is 18.0 Å². The predicted molar refractivity (Wildman–Crippen MR) is 110 cm³/mol. The van der Waals surface area contributed by atoms with E-state index in [9.17, 15) is 18.0 Å². The molecule has 0 bridgehead atoms. The fourth-order valence-electron chi connectivity index (χ4n) is 3.27. The zero-order chi connectivity index (χ0) is 20.5. The van der Waals surface area contributed by atoms with Crippen molar-refractivity contribution in [3.63, 3.8) is 0 Å². The number of hydrogen-bond donors (Lipinski definition) is 1. The molecule has 0 aliphatic carbocycles. The van der Waals surface area contributed by atoms with E-state index in [1.165, 1.54) is 11.0 Å². The molecule has 9 heteroatoms. The third-order valence-corrected chi connectivity index (χ3v) is 5.83. The Bertz CT molecular complexity index is 1030. The Hall–Kier alpha value is -2.58. The predicted octanol–water partition coefficient (Wildman–Crippen LogP) is 2.87. The molecular formula is C19H20ClN3O4S. The molecule has 0 aromatic heterocycles. The minimum atomic E-state index is -3.79. The lowest BCUT2D eigenvalue weighted by Gasteiger charge is -2.36. The molecule has 2 amide bonds. The molecule has 1 aliphatic heterocycles. The second kappa shape index (κ2) is 7.81. The third-order valence-electron chi connectivity index (χ3n) is 4.41. The molecule has 2 aromatic rings. The second-order valence-corrected chi connectivity index (χ2v) is 8.75. The average Bonchev–Trinajstić information content (AvgIpc) is 2.63. The summed E-state index contributed by atoms with van der Waals surface area (Å²) in [5.74, 6) is -0.814. The van der Waals surface area contributed by atoms with Crippen LogP contribution in [0.4, 0.5) is 17.1 Å². The summed E-state index contributed by atoms with van der Waals surface area (Å²) >= 11 is 6.03. The van der Waals surface area contributed by atoms with Gasteiger partial charge in [0.1, 0.15) is 12.6 Å². The fraction of sp³-hybridized carbons (Fsp3) is 0.263. The number of halogens is 1. The minimum absolute atomic E-state index is 0.181. The highest BCUT2D eigenvalue weighted by atomic mass is 35.5. The minimum Gasteiger partial charge on any atom is -0.323 e. The topological polar surface area (TPSA) is 86.8 Å². The van der Waals surface area contributed by atoms with Gasteiger partial charge in [-0.15, -0.1) is 0 Å². The molecule has 1 atom stereocenters. The number of rotatable bonds is 5. The first-order chi connectivity index (χ1) is 13.2. The number of nitrogens with zero attached hydrogens (tertiary/aromatic N) is 2. The van der Waals surface area contributed by atoms with E-state index in [0.717, 1.165) is 10.6 Å². The summed E-state index contributed by atoms with van der Waals surface area (Å²) in [7, 11) is -3.79. The Morgan fingerprint density at radius 3 is 2.61 bits per heavy atom. The molecule has 0 fully saturated rings. The molecule has 0 spiro atoms. The highest BCUT2D eigenvalue weighted by Gasteiger charge is 2.37. The molecule has 148 valence electrons. The summed E-state index contributed by atoms with van der Waals surface area (Å²) < 4.78 is 26.2. The smallest absolute Gasteiger partial charge is 0.251 e. The van der Waals surface area contributed by atoms with Crippen LogP contribution in [0, 0.1) is 0 Å². The Morgan fingerprint density at radius 2 is 1.96 bits per heavy atom. The summed E-state index contributed by atoms with van der Waals surface area (Å²) in [6.07, 6.45) is 1.26. The van der Waals surface area contributed by atoms with Gasteiger partial charge in [0.25, 0.3) is 5.91 Å². The number of benzene rings is 2. The lowest BCUT2D eigenvalue weighted by molar-refractivity contribution is -0.122. The van der Waals surface area contributed by atoms with Crippen molar-refractivity contribution >= 4 is 50.5 Å². The van der Waals surface area contributed by atoms with Crippen LogP contribution in [-0.2, 0) is 19.6 Å². The van der Waals surface area contributed by atoms with Gasteiger partial charge in [-0.2, -0.15) is 0 Å². The number of amides is 2. The fourth-order valence-corrected chi connectivity index (χ4v) is 4.65. The van der Waals surface area contributed by atoms with Crippen molar-refractivity contribution in [3.05, 3.63) is 53.6 Å². The van der Waals surface area contributed by atoms with Crippen LogP contribution in [0.1, 0.15) is 13.3 Å². The first-order valence-electron chi connectivity index (χ1n) is 8.67. The quantitative estimate of drug-likeness (QED) is 0.804. The van der Waals surface area contributed by atoms with Gasteiger partial charge >= 0.3 is 0 Å². The number of nitrogens with one attached hydrogen (secondary N) is 1. The Kier molecular flexibility index (Phi) is 5.62. The van der Waals surface area contributed by atoms with Crippen LogP contribution >= 0.6 is 11.6 Å². The maximum Gasteiger partial charge on any atom is 0.251 e. The molecular weight excluding hydrogens is 402 g/mol. The largest absolute Gasteiger partial charge is 0.323 e. The van der Waals surface area contributed by atoms with Gasteiger partial charge in [-0.05, 0) is 36.8 Å². The Balaban J connectivity index is 2.06. The van der Waals surface area contributed by atoms with E-state index in [0.29, 0.717) is 22.1 Å². The number of para-hydroxylation sites is 2. The number of carbonyl (C=O) groups excluding carboxylic acids is 2. The van der Waals surface area contributed by atoms with Crippen LogP contribution in [0.25, 0.3) is 0 Å². The number of fused-ring (bicyclic) bond motifs is 1. The van der Waals surface area contributed by atoms with E-state index in [1.54, 1.807) is 49.4 Å². The first kappa shape index (κ1) is 20.2. The lowest BCUT2D eigenvalue weighted by Crippen LogP contribution is -2.53. The zero-order valence-electron chi connectivity index (χ0n) is 15.4. The zero-order valence-corrected chi connectivity index (χ0v) is 17.0. The maximum atomic E-state index is 13.4. The maximum absolute atomic E-state index is 13.4. The highest BCUT2D eigenvalue weighted by molar-refractivity contribution is 7.92. The molecule has 2 aromatic carbocycles. The Morgan fingerprint density at radius 1 is 1.25 bits per heavy atom. The van der Waals surface area contributed by atoms with Gasteiger partial charge in [-0.3, -0.25) is 18.8 Å². The first-order valence-corrected chi connectivity index (χ1v) is 10.9. The third kappa shape index (κ3) is 3.98. The van der Waals surface area contributed by atoms with Crippen LogP contribution in [-0.4, -0.2) is 39.1 Å². The molecule has 7 nitrogen and oxygen atoms in total. The highest BCUT2D eigenvalue weighted by Crippen LogP contribution is 2.32. The number of carbonyl (C=O) groups is 2. The van der Waals surface area contributed by atoms with Crippen LogP contribution < -0.4 is 14.5 Å². The van der Waals surface area contributed by atoms with Crippen molar-refractivity contribution in [3.8, 4) is 0 Å². The van der Waals surface area contributed by atoms with Gasteiger partial charge in [0.2, 0.25) is 15.9 Å². The van der Waals surface area contributed by atoms with Crippen LogP contribution in [0.15, 0.2) is 48.5 Å². The van der Waals surface area contributed by atoms with Crippen molar-refractivity contribution in [2.45, 2.75) is 19.4 Å². The standard InChI is InChI=1S/C19H20ClN3O4S/c1-3-16(23(28(2,26)27)14-8-6-7-13(20)11-14)19(25)22-12-18(24)21-15-9-4-5-10-17(15)22/h4-11,16H,3,12H2,1-2H3,(H,21,24). The summed E-state index contributed by atoms with van der Waals surface area (Å²) in [6, 6.07) is 12.2. The van der Waals surface area contributed by atoms with Crippen molar-refractivity contribution in [2.75, 3.05) is 27.3 Å². The van der Waals surface area contributed by atoms with Gasteiger partial charge < -0.3 is 5.32 Å². The van der Waals surface area contributed by atoms with E-state index in [-0.39, 0.29) is 18.9 Å². The summed E-state index contributed by atoms with van der Waals surface area (Å²) in [4.78, 5) is 26.8. The van der Waals surface area contributed by atoms with Crippen molar-refractivity contribution in [2.24, 2.45) is 0 Å². The molecule has 1 aliphatic rings. The second-order valence-electron chi connectivity index (χ2n) is 6.45. The number of anilines is 3. The average molecular weight is 422 g/mol. The van der Waals surface area contributed by atoms with Gasteiger partial charge in [-0.25, -0.2) is 8.42 Å². The molecule has 0 radical (unpaired) electrons. The number of sulfonamides is 1. The van der Waals surface area contributed by atoms with Gasteiger partial charge in [-0.1, -0.05) is 36.7 Å². The van der Waals surface area contributed by atoms with Gasteiger partial charge in [0, 0.05) is 5.02 Å². The lowest BCUT2D eigenvalue weighted by atomic mass is 10.1. The summed E-state index contributed by atoms with van der Waals surface area (Å²) in [6.45, 7) is 1.54. The van der Waals surface area contributed by atoms with Crippen LogP contribution in [0.3, 0.4) is 0 Å². The van der Waals surface area contributed by atoms with Crippen LogP contribution in [0.5, 0.6) is 0 Å². The molecule has 28 heavy (non-hydrogen) atoms. The monoisotopic (exact) mass is 421 g/mol. The number of hydrogen-bond acceptors (Lipinski definition) is 4. The molecule has 0 saturated heterocycles. The molecule has 3 rings (SSSR count). The van der Waals surface area contributed by atoms with Gasteiger partial charge in [0.15, 0.2) is 0 Å². The summed E-state index contributed by atoms with van der Waals surface area (Å²) in [5.41, 5.74) is 1.34. The van der Waals surface area contributed by atoms with E-state index in [2.05, 4.69) is 5.32 Å². The summed E-state index contributed by atoms with van der Waals surface area (Å²) in [5, 5.41) is 3.08. The van der Waals surface area contributed by atoms with Crippen molar-refractivity contribution in [1.29, 1.82) is 0 Å².